The number of carbonyl (C=O) groups excluding carboxylic acids is 1. The number of rotatable bonds is 6. The molecule has 1 unspecified atom stereocenters. The molecule has 0 radical (unpaired) electrons. The zero-order valence-corrected chi connectivity index (χ0v) is 16.8. The Balaban J connectivity index is 1.77. The molecule has 1 amide bonds. The standard InChI is InChI=1S/C23H30N2O2/c1-17(2)25(20-12-10-18(3)11-13-20)16-23(26)24-14-6-9-22(24)19-7-5-8-21(15-19)27-4/h5,7-8,10-13,15,17,22H,6,9,14,16H2,1-4H3. The molecule has 0 saturated carbocycles. The first-order valence-corrected chi connectivity index (χ1v) is 9.76. The summed E-state index contributed by atoms with van der Waals surface area (Å²) in [6, 6.07) is 16.9. The Kier molecular flexibility index (Phi) is 6.04. The van der Waals surface area contributed by atoms with E-state index < -0.39 is 0 Å². The van der Waals surface area contributed by atoms with Crippen molar-refractivity contribution in [3.63, 3.8) is 0 Å². The van der Waals surface area contributed by atoms with Gasteiger partial charge in [-0.25, -0.2) is 0 Å². The third-order valence-electron chi connectivity index (χ3n) is 5.35. The molecule has 1 saturated heterocycles. The lowest BCUT2D eigenvalue weighted by Crippen LogP contribution is -2.43. The molecule has 0 aliphatic carbocycles. The summed E-state index contributed by atoms with van der Waals surface area (Å²) in [5.41, 5.74) is 3.49. The molecule has 0 N–H and O–H groups in total. The SMILES string of the molecule is COc1cccc(C2CCCN2C(=O)CN(c2ccc(C)cc2)C(C)C)c1. The Labute approximate surface area is 162 Å². The van der Waals surface area contributed by atoms with Gasteiger partial charge in [0.05, 0.1) is 19.7 Å². The third kappa shape index (κ3) is 4.44. The zero-order chi connectivity index (χ0) is 19.4. The van der Waals surface area contributed by atoms with Crippen molar-refractivity contribution in [2.45, 2.75) is 45.7 Å². The Morgan fingerprint density at radius 1 is 1.22 bits per heavy atom. The quantitative estimate of drug-likeness (QED) is 0.750. The van der Waals surface area contributed by atoms with Gasteiger partial charge in [0, 0.05) is 18.3 Å². The molecule has 0 aromatic heterocycles. The minimum atomic E-state index is 0.139. The Bertz CT molecular complexity index is 770. The van der Waals surface area contributed by atoms with E-state index in [1.165, 1.54) is 5.56 Å². The number of methoxy groups -OCH3 is 1. The zero-order valence-electron chi connectivity index (χ0n) is 16.8. The summed E-state index contributed by atoms with van der Waals surface area (Å²) >= 11 is 0. The van der Waals surface area contributed by atoms with Gasteiger partial charge in [-0.2, -0.15) is 0 Å². The normalized spacial score (nSPS) is 16.6. The number of likely N-dealkylation sites (tertiary alicyclic amines) is 1. The largest absolute Gasteiger partial charge is 0.497 e. The molecule has 3 rings (SSSR count). The van der Waals surface area contributed by atoms with Crippen molar-refractivity contribution in [3.8, 4) is 5.75 Å². The van der Waals surface area contributed by atoms with Crippen LogP contribution in [0.15, 0.2) is 48.5 Å². The van der Waals surface area contributed by atoms with Crippen molar-refractivity contribution in [2.75, 3.05) is 25.1 Å². The van der Waals surface area contributed by atoms with Crippen molar-refractivity contribution in [3.05, 3.63) is 59.7 Å². The Morgan fingerprint density at radius 3 is 2.63 bits per heavy atom. The van der Waals surface area contributed by atoms with Crippen LogP contribution >= 0.6 is 0 Å². The molecule has 1 aliphatic rings. The van der Waals surface area contributed by atoms with Crippen LogP contribution < -0.4 is 9.64 Å². The predicted octanol–water partition coefficient (Wildman–Crippen LogP) is 4.58. The van der Waals surface area contributed by atoms with Gasteiger partial charge < -0.3 is 14.5 Å². The van der Waals surface area contributed by atoms with Crippen LogP contribution in [0.3, 0.4) is 0 Å². The predicted molar refractivity (Wildman–Crippen MR) is 110 cm³/mol. The summed E-state index contributed by atoms with van der Waals surface area (Å²) < 4.78 is 5.36. The number of hydrogen-bond donors (Lipinski definition) is 0. The second-order valence-corrected chi connectivity index (χ2v) is 7.58. The molecule has 144 valence electrons. The lowest BCUT2D eigenvalue weighted by atomic mass is 10.0. The highest BCUT2D eigenvalue weighted by atomic mass is 16.5. The van der Waals surface area contributed by atoms with E-state index in [4.69, 9.17) is 4.74 Å². The van der Waals surface area contributed by atoms with E-state index in [2.05, 4.69) is 62.1 Å². The maximum atomic E-state index is 13.2. The molecule has 2 aromatic carbocycles. The summed E-state index contributed by atoms with van der Waals surface area (Å²) in [6.07, 6.45) is 2.05. The molecule has 4 heteroatoms. The number of anilines is 1. The number of aryl methyl sites for hydroxylation is 1. The van der Waals surface area contributed by atoms with E-state index in [0.29, 0.717) is 6.54 Å². The minimum Gasteiger partial charge on any atom is -0.497 e. The Hall–Kier alpha value is -2.49. The van der Waals surface area contributed by atoms with Crippen molar-refractivity contribution < 1.29 is 9.53 Å². The number of nitrogens with zero attached hydrogens (tertiary/aromatic N) is 2. The molecule has 1 fully saturated rings. The number of ether oxygens (including phenoxy) is 1. The van der Waals surface area contributed by atoms with E-state index in [9.17, 15) is 4.79 Å². The number of carbonyl (C=O) groups is 1. The maximum Gasteiger partial charge on any atom is 0.242 e. The van der Waals surface area contributed by atoms with Crippen LogP contribution in [0.5, 0.6) is 5.75 Å². The lowest BCUT2D eigenvalue weighted by Gasteiger charge is -2.32. The molecule has 0 bridgehead atoms. The fourth-order valence-corrected chi connectivity index (χ4v) is 3.81. The number of benzene rings is 2. The van der Waals surface area contributed by atoms with Crippen LogP contribution in [0.25, 0.3) is 0 Å². The van der Waals surface area contributed by atoms with Gasteiger partial charge in [0.1, 0.15) is 5.75 Å². The van der Waals surface area contributed by atoms with E-state index in [-0.39, 0.29) is 18.0 Å². The van der Waals surface area contributed by atoms with E-state index in [1.54, 1.807) is 7.11 Å². The van der Waals surface area contributed by atoms with Crippen LogP contribution in [0.2, 0.25) is 0 Å². The monoisotopic (exact) mass is 366 g/mol. The first kappa shape index (κ1) is 19.3. The van der Waals surface area contributed by atoms with Gasteiger partial charge in [0.25, 0.3) is 0 Å². The highest BCUT2D eigenvalue weighted by molar-refractivity contribution is 5.82. The third-order valence-corrected chi connectivity index (χ3v) is 5.35. The van der Waals surface area contributed by atoms with Crippen molar-refractivity contribution >= 4 is 11.6 Å². The smallest absolute Gasteiger partial charge is 0.242 e. The second kappa shape index (κ2) is 8.47. The van der Waals surface area contributed by atoms with Crippen LogP contribution in [0, 0.1) is 6.92 Å². The van der Waals surface area contributed by atoms with Crippen LogP contribution in [-0.2, 0) is 4.79 Å². The molecule has 2 aromatic rings. The van der Waals surface area contributed by atoms with Gasteiger partial charge in [-0.05, 0) is 63.4 Å². The topological polar surface area (TPSA) is 32.8 Å². The number of hydrogen-bond acceptors (Lipinski definition) is 3. The molecule has 1 aliphatic heterocycles. The fraction of sp³-hybridized carbons (Fsp3) is 0.435. The van der Waals surface area contributed by atoms with Gasteiger partial charge in [-0.1, -0.05) is 29.8 Å². The lowest BCUT2D eigenvalue weighted by molar-refractivity contribution is -0.130. The van der Waals surface area contributed by atoms with Gasteiger partial charge in [-0.3, -0.25) is 4.79 Å². The van der Waals surface area contributed by atoms with Gasteiger partial charge in [0.2, 0.25) is 5.91 Å². The summed E-state index contributed by atoms with van der Waals surface area (Å²) in [5.74, 6) is 1.03. The summed E-state index contributed by atoms with van der Waals surface area (Å²) in [5, 5.41) is 0. The molecule has 1 heterocycles. The molecule has 0 spiro atoms. The van der Waals surface area contributed by atoms with Crippen molar-refractivity contribution in [2.24, 2.45) is 0 Å². The van der Waals surface area contributed by atoms with Gasteiger partial charge in [0.15, 0.2) is 0 Å². The van der Waals surface area contributed by atoms with Crippen molar-refractivity contribution in [1.29, 1.82) is 0 Å². The summed E-state index contributed by atoms with van der Waals surface area (Å²) in [4.78, 5) is 17.4. The Morgan fingerprint density at radius 2 is 1.96 bits per heavy atom. The first-order chi connectivity index (χ1) is 13.0. The molecule has 1 atom stereocenters. The molecular formula is C23H30N2O2. The van der Waals surface area contributed by atoms with E-state index in [1.807, 2.05) is 17.0 Å². The highest BCUT2D eigenvalue weighted by Crippen LogP contribution is 2.34. The second-order valence-electron chi connectivity index (χ2n) is 7.58. The average Bonchev–Trinajstić information content (AvgIpc) is 3.16. The maximum absolute atomic E-state index is 13.2. The minimum absolute atomic E-state index is 0.139. The molecule has 27 heavy (non-hydrogen) atoms. The van der Waals surface area contributed by atoms with E-state index in [0.717, 1.165) is 36.4 Å². The molecular weight excluding hydrogens is 336 g/mol. The van der Waals surface area contributed by atoms with Crippen LogP contribution in [0.4, 0.5) is 5.69 Å². The fourth-order valence-electron chi connectivity index (χ4n) is 3.81. The van der Waals surface area contributed by atoms with Crippen molar-refractivity contribution in [1.82, 2.24) is 4.90 Å². The van der Waals surface area contributed by atoms with Crippen LogP contribution in [-0.4, -0.2) is 37.0 Å². The van der Waals surface area contributed by atoms with Gasteiger partial charge in [-0.15, -0.1) is 0 Å². The summed E-state index contributed by atoms with van der Waals surface area (Å²) in [7, 11) is 1.68. The highest BCUT2D eigenvalue weighted by Gasteiger charge is 2.31. The van der Waals surface area contributed by atoms with E-state index >= 15 is 0 Å². The number of amides is 1. The first-order valence-electron chi connectivity index (χ1n) is 9.76. The van der Waals surface area contributed by atoms with Crippen LogP contribution in [0.1, 0.15) is 43.9 Å². The molecule has 4 nitrogen and oxygen atoms in total. The van der Waals surface area contributed by atoms with Gasteiger partial charge >= 0.3 is 0 Å². The summed E-state index contributed by atoms with van der Waals surface area (Å²) in [6.45, 7) is 7.58. The average molecular weight is 367 g/mol.